The third-order valence-corrected chi connectivity index (χ3v) is 6.58. The summed E-state index contributed by atoms with van der Waals surface area (Å²) >= 11 is 1.72. The van der Waals surface area contributed by atoms with E-state index in [0.29, 0.717) is 6.42 Å². The molecule has 0 saturated carbocycles. The van der Waals surface area contributed by atoms with Gasteiger partial charge in [-0.15, -0.1) is 11.3 Å². The summed E-state index contributed by atoms with van der Waals surface area (Å²) in [4.78, 5) is 8.76. The van der Waals surface area contributed by atoms with E-state index in [-0.39, 0.29) is 0 Å². The fraction of sp³-hybridized carbons (Fsp3) is 0.182. The second-order valence-corrected chi connectivity index (χ2v) is 8.33. The van der Waals surface area contributed by atoms with E-state index in [1.165, 1.54) is 4.88 Å². The first-order chi connectivity index (χ1) is 13.5. The lowest BCUT2D eigenvalue weighted by Crippen LogP contribution is -2.19. The van der Waals surface area contributed by atoms with Crippen molar-refractivity contribution >= 4 is 32.5 Å². The molecule has 4 heterocycles. The summed E-state index contributed by atoms with van der Waals surface area (Å²) in [6.07, 6.45) is 4.28. The number of benzene rings is 1. The molecule has 0 saturated heterocycles. The van der Waals surface area contributed by atoms with Gasteiger partial charge in [-0.05, 0) is 54.8 Å². The maximum atomic E-state index is 10.6. The molecular formula is C22H20N4OS. The standard InChI is InChI=1S/C22H20N4OS/c1-3-22(2,27)15-5-4-14-10-17(24-16(14)11-15)20-21-18(25-26-20)12-19(28-21)13-6-8-23-9-7-13/h4-12,24,27H,3H2,1-2H3,(H,25,26). The number of aromatic amines is 2. The molecule has 0 amide bonds. The van der Waals surface area contributed by atoms with Gasteiger partial charge in [0.25, 0.3) is 0 Å². The predicted octanol–water partition coefficient (Wildman–Crippen LogP) is 5.45. The van der Waals surface area contributed by atoms with Crippen molar-refractivity contribution in [1.29, 1.82) is 0 Å². The fourth-order valence-electron chi connectivity index (χ4n) is 3.45. The smallest absolute Gasteiger partial charge is 0.126 e. The first-order valence-electron chi connectivity index (χ1n) is 9.29. The van der Waals surface area contributed by atoms with Crippen LogP contribution < -0.4 is 0 Å². The van der Waals surface area contributed by atoms with Crippen LogP contribution in [0.25, 0.3) is 42.9 Å². The number of aromatic nitrogens is 4. The number of rotatable bonds is 4. The highest BCUT2D eigenvalue weighted by Gasteiger charge is 2.21. The molecule has 0 radical (unpaired) electrons. The van der Waals surface area contributed by atoms with Crippen molar-refractivity contribution in [1.82, 2.24) is 20.2 Å². The van der Waals surface area contributed by atoms with Gasteiger partial charge in [0.05, 0.1) is 21.5 Å². The van der Waals surface area contributed by atoms with Gasteiger partial charge in [-0.25, -0.2) is 0 Å². The summed E-state index contributed by atoms with van der Waals surface area (Å²) in [5.74, 6) is 0. The van der Waals surface area contributed by atoms with Gasteiger partial charge in [0.2, 0.25) is 0 Å². The van der Waals surface area contributed by atoms with E-state index < -0.39 is 5.60 Å². The average Bonchev–Trinajstić information content (AvgIpc) is 3.41. The number of H-pyrrole nitrogens is 2. The van der Waals surface area contributed by atoms with Crippen molar-refractivity contribution in [3.05, 3.63) is 60.4 Å². The highest BCUT2D eigenvalue weighted by molar-refractivity contribution is 7.22. The number of hydrogen-bond donors (Lipinski definition) is 3. The monoisotopic (exact) mass is 388 g/mol. The van der Waals surface area contributed by atoms with Crippen LogP contribution in [0.5, 0.6) is 0 Å². The Morgan fingerprint density at radius 2 is 1.89 bits per heavy atom. The van der Waals surface area contributed by atoms with Crippen molar-refractivity contribution in [2.24, 2.45) is 0 Å². The summed E-state index contributed by atoms with van der Waals surface area (Å²) in [5.41, 5.74) is 5.16. The van der Waals surface area contributed by atoms with E-state index >= 15 is 0 Å². The quantitative estimate of drug-likeness (QED) is 0.383. The van der Waals surface area contributed by atoms with Gasteiger partial charge in [0.1, 0.15) is 5.69 Å². The van der Waals surface area contributed by atoms with Crippen LogP contribution in [0.2, 0.25) is 0 Å². The molecule has 1 aromatic carbocycles. The van der Waals surface area contributed by atoms with Crippen LogP contribution in [0.1, 0.15) is 25.8 Å². The summed E-state index contributed by atoms with van der Waals surface area (Å²) in [7, 11) is 0. The van der Waals surface area contributed by atoms with E-state index in [0.717, 1.165) is 43.6 Å². The van der Waals surface area contributed by atoms with Crippen LogP contribution in [0, 0.1) is 0 Å². The Kier molecular flexibility index (Phi) is 3.86. The average molecular weight is 388 g/mol. The van der Waals surface area contributed by atoms with Gasteiger partial charge >= 0.3 is 0 Å². The molecule has 1 unspecified atom stereocenters. The van der Waals surface area contributed by atoms with Crippen molar-refractivity contribution in [2.75, 3.05) is 0 Å². The minimum absolute atomic E-state index is 0.666. The molecule has 0 aliphatic heterocycles. The van der Waals surface area contributed by atoms with E-state index in [4.69, 9.17) is 0 Å². The number of fused-ring (bicyclic) bond motifs is 2. The zero-order chi connectivity index (χ0) is 19.3. The highest BCUT2D eigenvalue weighted by Crippen LogP contribution is 2.38. The molecule has 5 aromatic rings. The van der Waals surface area contributed by atoms with Crippen LogP contribution in [0.3, 0.4) is 0 Å². The number of pyridine rings is 1. The second-order valence-electron chi connectivity index (χ2n) is 7.27. The Hall–Kier alpha value is -2.96. The van der Waals surface area contributed by atoms with E-state index in [1.807, 2.05) is 50.5 Å². The predicted molar refractivity (Wildman–Crippen MR) is 114 cm³/mol. The van der Waals surface area contributed by atoms with Gasteiger partial charge in [-0.3, -0.25) is 10.1 Å². The molecule has 0 bridgehead atoms. The Labute approximate surface area is 166 Å². The Balaban J connectivity index is 1.60. The summed E-state index contributed by atoms with van der Waals surface area (Å²) < 4.78 is 1.12. The van der Waals surface area contributed by atoms with Crippen LogP contribution in [0.15, 0.2) is 54.9 Å². The van der Waals surface area contributed by atoms with Crippen molar-refractivity contribution in [2.45, 2.75) is 25.9 Å². The molecule has 0 aliphatic carbocycles. The van der Waals surface area contributed by atoms with Crippen molar-refractivity contribution in [3.63, 3.8) is 0 Å². The van der Waals surface area contributed by atoms with Gasteiger partial charge in [0, 0.05) is 28.2 Å². The van der Waals surface area contributed by atoms with Crippen LogP contribution in [-0.2, 0) is 5.60 Å². The third-order valence-electron chi connectivity index (χ3n) is 5.39. The van der Waals surface area contributed by atoms with Gasteiger partial charge < -0.3 is 10.1 Å². The molecule has 3 N–H and O–H groups in total. The topological polar surface area (TPSA) is 77.6 Å². The van der Waals surface area contributed by atoms with Crippen molar-refractivity contribution < 1.29 is 5.11 Å². The molecule has 140 valence electrons. The number of nitrogens with zero attached hydrogens (tertiary/aromatic N) is 2. The Morgan fingerprint density at radius 1 is 1.07 bits per heavy atom. The number of aliphatic hydroxyl groups is 1. The van der Waals surface area contributed by atoms with Crippen LogP contribution in [-0.4, -0.2) is 25.3 Å². The first kappa shape index (κ1) is 17.2. The zero-order valence-corrected chi connectivity index (χ0v) is 16.5. The molecule has 5 rings (SSSR count). The normalized spacial score (nSPS) is 14.0. The summed E-state index contributed by atoms with van der Waals surface area (Å²) in [5, 5.41) is 19.4. The lowest BCUT2D eigenvalue weighted by molar-refractivity contribution is 0.0532. The van der Waals surface area contributed by atoms with E-state index in [2.05, 4.69) is 38.4 Å². The lowest BCUT2D eigenvalue weighted by Gasteiger charge is -2.21. The van der Waals surface area contributed by atoms with E-state index in [1.54, 1.807) is 11.3 Å². The lowest BCUT2D eigenvalue weighted by atomic mass is 9.93. The van der Waals surface area contributed by atoms with Crippen LogP contribution in [0.4, 0.5) is 0 Å². The molecule has 4 aromatic heterocycles. The minimum atomic E-state index is -0.827. The molecule has 5 nitrogen and oxygen atoms in total. The first-order valence-corrected chi connectivity index (χ1v) is 10.1. The highest BCUT2D eigenvalue weighted by atomic mass is 32.1. The molecule has 0 fully saturated rings. The second kappa shape index (κ2) is 6.29. The molecule has 0 spiro atoms. The van der Waals surface area contributed by atoms with Crippen LogP contribution >= 0.6 is 11.3 Å². The van der Waals surface area contributed by atoms with E-state index in [9.17, 15) is 5.11 Å². The molecule has 0 aliphatic rings. The van der Waals surface area contributed by atoms with Gasteiger partial charge in [-0.2, -0.15) is 5.10 Å². The SMILES string of the molecule is CCC(C)(O)c1ccc2cc(-c3n[nH]c4cc(-c5ccncc5)sc34)[nH]c2c1. The maximum Gasteiger partial charge on any atom is 0.126 e. The third kappa shape index (κ3) is 2.73. The summed E-state index contributed by atoms with van der Waals surface area (Å²) in [6.45, 7) is 3.84. The van der Waals surface area contributed by atoms with Gasteiger partial charge in [0.15, 0.2) is 0 Å². The maximum absolute atomic E-state index is 10.6. The van der Waals surface area contributed by atoms with Gasteiger partial charge in [-0.1, -0.05) is 19.1 Å². The van der Waals surface area contributed by atoms with Crippen molar-refractivity contribution in [3.8, 4) is 21.8 Å². The number of hydrogen-bond acceptors (Lipinski definition) is 4. The number of thiophene rings is 1. The molecule has 6 heteroatoms. The largest absolute Gasteiger partial charge is 0.385 e. The fourth-order valence-corrected chi connectivity index (χ4v) is 4.57. The molecular weight excluding hydrogens is 368 g/mol. The Morgan fingerprint density at radius 3 is 2.68 bits per heavy atom. The molecule has 28 heavy (non-hydrogen) atoms. The molecule has 1 atom stereocenters. The Bertz CT molecular complexity index is 1280. The number of nitrogens with one attached hydrogen (secondary N) is 2. The summed E-state index contributed by atoms with van der Waals surface area (Å²) in [6, 6.07) is 14.4. The zero-order valence-electron chi connectivity index (χ0n) is 15.7. The minimum Gasteiger partial charge on any atom is -0.385 e.